The normalized spacial score (nSPS) is 10.0. The maximum atomic E-state index is 11.4. The monoisotopic (exact) mass is 286 g/mol. The molecule has 0 heterocycles. The van der Waals surface area contributed by atoms with Crippen LogP contribution in [0.4, 0.5) is 17.1 Å². The van der Waals surface area contributed by atoms with Crippen molar-refractivity contribution in [1.82, 2.24) is 0 Å². The number of ether oxygens (including phenoxy) is 1. The molecule has 0 aliphatic rings. The predicted molar refractivity (Wildman–Crippen MR) is 78.9 cm³/mol. The van der Waals surface area contributed by atoms with E-state index in [1.165, 1.54) is 19.2 Å². The average Bonchev–Trinajstić information content (AvgIpc) is 2.49. The molecule has 0 fully saturated rings. The number of hydrogen-bond donors (Lipinski definition) is 1. The van der Waals surface area contributed by atoms with Crippen LogP contribution in [0.15, 0.2) is 42.5 Å². The third-order valence-corrected chi connectivity index (χ3v) is 3.00. The van der Waals surface area contributed by atoms with Crippen LogP contribution in [0.5, 0.6) is 0 Å². The number of hydrogen-bond acceptors (Lipinski definition) is 5. The number of nitro benzene ring substituents is 1. The molecule has 0 spiro atoms. The van der Waals surface area contributed by atoms with Gasteiger partial charge in [0, 0.05) is 23.5 Å². The summed E-state index contributed by atoms with van der Waals surface area (Å²) in [5, 5.41) is 13.7. The van der Waals surface area contributed by atoms with E-state index >= 15 is 0 Å². The summed E-state index contributed by atoms with van der Waals surface area (Å²) in [7, 11) is 1.33. The van der Waals surface area contributed by atoms with Crippen molar-refractivity contribution in [2.45, 2.75) is 6.92 Å². The average molecular weight is 286 g/mol. The number of aryl methyl sites for hydroxylation is 1. The van der Waals surface area contributed by atoms with Crippen molar-refractivity contribution in [1.29, 1.82) is 0 Å². The van der Waals surface area contributed by atoms with E-state index in [4.69, 9.17) is 0 Å². The lowest BCUT2D eigenvalue weighted by atomic mass is 10.1. The second-order valence-electron chi connectivity index (χ2n) is 4.45. The van der Waals surface area contributed by atoms with Gasteiger partial charge >= 0.3 is 5.97 Å². The number of benzene rings is 2. The van der Waals surface area contributed by atoms with Gasteiger partial charge in [-0.1, -0.05) is 0 Å². The van der Waals surface area contributed by atoms with Gasteiger partial charge in [-0.2, -0.15) is 0 Å². The van der Waals surface area contributed by atoms with Gasteiger partial charge in [0.15, 0.2) is 0 Å². The molecule has 0 saturated carbocycles. The number of methoxy groups -OCH3 is 1. The van der Waals surface area contributed by atoms with E-state index in [0.29, 0.717) is 5.56 Å². The standard InChI is InChI=1S/C15H14N2O4/c1-10-9-11(15(18)21-2)3-8-14(10)16-12-4-6-13(7-5-12)17(19)20/h3-9,16H,1-2H3. The first-order valence-electron chi connectivity index (χ1n) is 6.21. The van der Waals surface area contributed by atoms with Gasteiger partial charge in [-0.25, -0.2) is 4.79 Å². The second kappa shape index (κ2) is 6.04. The van der Waals surface area contributed by atoms with E-state index in [-0.39, 0.29) is 11.7 Å². The summed E-state index contributed by atoms with van der Waals surface area (Å²) in [6, 6.07) is 11.3. The van der Waals surface area contributed by atoms with Crippen molar-refractivity contribution in [3.05, 3.63) is 63.7 Å². The first-order valence-corrected chi connectivity index (χ1v) is 6.21. The minimum absolute atomic E-state index is 0.0401. The Morgan fingerprint density at radius 1 is 1.19 bits per heavy atom. The van der Waals surface area contributed by atoms with Crippen LogP contribution in [0.25, 0.3) is 0 Å². The highest BCUT2D eigenvalue weighted by molar-refractivity contribution is 5.90. The molecule has 1 N–H and O–H groups in total. The fourth-order valence-electron chi connectivity index (χ4n) is 1.87. The van der Waals surface area contributed by atoms with Crippen LogP contribution in [0.3, 0.4) is 0 Å². The largest absolute Gasteiger partial charge is 0.465 e. The fourth-order valence-corrected chi connectivity index (χ4v) is 1.87. The number of nitro groups is 1. The molecule has 0 amide bonds. The molecule has 6 heteroatoms. The zero-order valence-electron chi connectivity index (χ0n) is 11.6. The Balaban J connectivity index is 2.19. The molecule has 0 aliphatic heterocycles. The lowest BCUT2D eigenvalue weighted by Gasteiger charge is -2.10. The maximum absolute atomic E-state index is 11.4. The lowest BCUT2D eigenvalue weighted by molar-refractivity contribution is -0.384. The topological polar surface area (TPSA) is 81.5 Å². The highest BCUT2D eigenvalue weighted by Crippen LogP contribution is 2.23. The van der Waals surface area contributed by atoms with E-state index in [0.717, 1.165) is 16.9 Å². The van der Waals surface area contributed by atoms with Crippen LogP contribution in [-0.2, 0) is 4.74 Å². The van der Waals surface area contributed by atoms with E-state index in [1.807, 2.05) is 6.92 Å². The molecule has 6 nitrogen and oxygen atoms in total. The summed E-state index contributed by atoms with van der Waals surface area (Å²) in [5.74, 6) is -0.389. The molecule has 0 unspecified atom stereocenters. The molecule has 0 aromatic heterocycles. The van der Waals surface area contributed by atoms with Gasteiger partial charge in [-0.3, -0.25) is 10.1 Å². The van der Waals surface area contributed by atoms with Crippen LogP contribution < -0.4 is 5.32 Å². The molecule has 0 atom stereocenters. The quantitative estimate of drug-likeness (QED) is 0.529. The second-order valence-corrected chi connectivity index (χ2v) is 4.45. The number of nitrogens with zero attached hydrogens (tertiary/aromatic N) is 1. The van der Waals surface area contributed by atoms with Crippen LogP contribution in [-0.4, -0.2) is 18.0 Å². The number of carbonyl (C=O) groups is 1. The zero-order chi connectivity index (χ0) is 15.4. The molecule has 0 saturated heterocycles. The van der Waals surface area contributed by atoms with E-state index in [2.05, 4.69) is 10.1 Å². The zero-order valence-corrected chi connectivity index (χ0v) is 11.6. The van der Waals surface area contributed by atoms with Crippen LogP contribution >= 0.6 is 0 Å². The summed E-state index contributed by atoms with van der Waals surface area (Å²) in [6.45, 7) is 1.86. The Labute approximate surface area is 121 Å². The van der Waals surface area contributed by atoms with Crippen LogP contribution in [0.1, 0.15) is 15.9 Å². The Hall–Kier alpha value is -2.89. The summed E-state index contributed by atoms with van der Waals surface area (Å²) in [5.41, 5.74) is 2.94. The maximum Gasteiger partial charge on any atom is 0.337 e. The molecule has 2 aromatic carbocycles. The van der Waals surface area contributed by atoms with Crippen LogP contribution in [0.2, 0.25) is 0 Å². The van der Waals surface area contributed by atoms with Gasteiger partial charge < -0.3 is 10.1 Å². The molecular formula is C15H14N2O4. The summed E-state index contributed by atoms with van der Waals surface area (Å²) < 4.78 is 4.66. The Kier molecular flexibility index (Phi) is 4.18. The first kappa shape index (κ1) is 14.5. The molecule has 108 valence electrons. The van der Waals surface area contributed by atoms with Crippen LogP contribution in [0, 0.1) is 17.0 Å². The van der Waals surface area contributed by atoms with Gasteiger partial charge in [-0.05, 0) is 42.8 Å². The van der Waals surface area contributed by atoms with E-state index < -0.39 is 4.92 Å². The minimum Gasteiger partial charge on any atom is -0.465 e. The van der Waals surface area contributed by atoms with Gasteiger partial charge in [0.05, 0.1) is 17.6 Å². The molecule has 21 heavy (non-hydrogen) atoms. The number of esters is 1. The van der Waals surface area contributed by atoms with Gasteiger partial charge in [0.2, 0.25) is 0 Å². The van der Waals surface area contributed by atoms with Gasteiger partial charge in [-0.15, -0.1) is 0 Å². The minimum atomic E-state index is -0.444. The van der Waals surface area contributed by atoms with Crippen molar-refractivity contribution >= 4 is 23.0 Å². The first-order chi connectivity index (χ1) is 10.0. The van der Waals surface area contributed by atoms with Crippen molar-refractivity contribution in [2.75, 3.05) is 12.4 Å². The Morgan fingerprint density at radius 2 is 1.86 bits per heavy atom. The van der Waals surface area contributed by atoms with Crippen molar-refractivity contribution in [3.63, 3.8) is 0 Å². The third-order valence-electron chi connectivity index (χ3n) is 3.00. The molecule has 2 rings (SSSR count). The van der Waals surface area contributed by atoms with Gasteiger partial charge in [0.25, 0.3) is 5.69 Å². The molecule has 2 aromatic rings. The van der Waals surface area contributed by atoms with E-state index in [9.17, 15) is 14.9 Å². The van der Waals surface area contributed by atoms with Crippen molar-refractivity contribution < 1.29 is 14.5 Å². The highest BCUT2D eigenvalue weighted by atomic mass is 16.6. The lowest BCUT2D eigenvalue weighted by Crippen LogP contribution is -2.02. The number of anilines is 2. The number of carbonyl (C=O) groups excluding carboxylic acids is 1. The molecule has 0 bridgehead atoms. The number of non-ortho nitro benzene ring substituents is 1. The molecule has 0 radical (unpaired) electrons. The SMILES string of the molecule is COC(=O)c1ccc(Nc2ccc([N+](=O)[O-])cc2)c(C)c1. The van der Waals surface area contributed by atoms with E-state index in [1.54, 1.807) is 30.3 Å². The Bertz CT molecular complexity index is 681. The summed E-state index contributed by atoms with van der Waals surface area (Å²) >= 11 is 0. The Morgan fingerprint density at radius 3 is 2.38 bits per heavy atom. The number of rotatable bonds is 4. The fraction of sp³-hybridized carbons (Fsp3) is 0.133. The molecular weight excluding hydrogens is 272 g/mol. The molecule has 0 aliphatic carbocycles. The predicted octanol–water partition coefficient (Wildman–Crippen LogP) is 3.43. The summed E-state index contributed by atoms with van der Waals surface area (Å²) in [6.07, 6.45) is 0. The number of nitrogens with one attached hydrogen (secondary N) is 1. The summed E-state index contributed by atoms with van der Waals surface area (Å²) in [4.78, 5) is 21.6. The highest BCUT2D eigenvalue weighted by Gasteiger charge is 2.08. The third kappa shape index (κ3) is 3.36. The van der Waals surface area contributed by atoms with Crippen molar-refractivity contribution in [3.8, 4) is 0 Å². The van der Waals surface area contributed by atoms with Crippen molar-refractivity contribution in [2.24, 2.45) is 0 Å². The smallest absolute Gasteiger partial charge is 0.337 e. The van der Waals surface area contributed by atoms with Gasteiger partial charge in [0.1, 0.15) is 0 Å².